The van der Waals surface area contributed by atoms with Crippen LogP contribution in [0.25, 0.3) is 0 Å². The maximum absolute atomic E-state index is 9.78. The molecule has 0 spiro atoms. The van der Waals surface area contributed by atoms with Crippen LogP contribution in [0.5, 0.6) is 0 Å². The minimum Gasteiger partial charge on any atom is -0.466 e. The lowest BCUT2D eigenvalue weighted by molar-refractivity contribution is -0.129. The number of hydrogen-bond acceptors (Lipinski definition) is 4. The summed E-state index contributed by atoms with van der Waals surface area (Å²) in [7, 11) is 0. The first-order valence-corrected chi connectivity index (χ1v) is 3.43. The van der Waals surface area contributed by atoms with Crippen molar-refractivity contribution < 1.29 is 9.53 Å². The Balaban J connectivity index is 0.000001000. The summed E-state index contributed by atoms with van der Waals surface area (Å²) in [5.41, 5.74) is 0. The number of nitrogens with one attached hydrogen (secondary N) is 2. The van der Waals surface area contributed by atoms with E-state index in [0.29, 0.717) is 19.1 Å². The van der Waals surface area contributed by atoms with Gasteiger partial charge in [0.1, 0.15) is 6.61 Å². The molecule has 0 aromatic carbocycles. The second kappa shape index (κ2) is 6.39. The zero-order valence-electron chi connectivity index (χ0n) is 6.21. The first-order chi connectivity index (χ1) is 4.93. The Morgan fingerprint density at radius 2 is 2.36 bits per heavy atom. The summed E-state index contributed by atoms with van der Waals surface area (Å²) in [5.74, 6) is 0. The summed E-state index contributed by atoms with van der Waals surface area (Å²) in [4.78, 5) is 9.78. The van der Waals surface area contributed by atoms with E-state index in [1.807, 2.05) is 0 Å². The highest BCUT2D eigenvalue weighted by Crippen LogP contribution is 1.86. The standard InChI is InChI=1S/C6H12N2O2.ClH/c9-5-10-4-6-3-7-1-2-8-6;/h5-8H,1-4H2;1H. The van der Waals surface area contributed by atoms with E-state index < -0.39 is 0 Å². The molecule has 1 unspecified atom stereocenters. The van der Waals surface area contributed by atoms with Gasteiger partial charge in [-0.1, -0.05) is 0 Å². The molecule has 1 aliphatic heterocycles. The molecule has 11 heavy (non-hydrogen) atoms. The minimum absolute atomic E-state index is 0. The molecule has 5 heteroatoms. The summed E-state index contributed by atoms with van der Waals surface area (Å²) in [6.45, 7) is 3.78. The lowest BCUT2D eigenvalue weighted by Gasteiger charge is -2.23. The fourth-order valence-corrected chi connectivity index (χ4v) is 0.986. The summed E-state index contributed by atoms with van der Waals surface area (Å²) in [5, 5.41) is 6.39. The van der Waals surface area contributed by atoms with E-state index in [4.69, 9.17) is 0 Å². The Kier molecular flexibility index (Phi) is 6.21. The molecule has 0 aliphatic carbocycles. The molecule has 1 fully saturated rings. The van der Waals surface area contributed by atoms with Gasteiger partial charge in [0.05, 0.1) is 6.04 Å². The second-order valence-corrected chi connectivity index (χ2v) is 2.28. The molecule has 1 aliphatic rings. The average molecular weight is 181 g/mol. The number of piperazine rings is 1. The topological polar surface area (TPSA) is 50.4 Å². The Morgan fingerprint density at radius 3 is 2.91 bits per heavy atom. The number of halogens is 1. The number of ether oxygens (including phenoxy) is 1. The van der Waals surface area contributed by atoms with Crippen molar-refractivity contribution in [3.05, 3.63) is 0 Å². The summed E-state index contributed by atoms with van der Waals surface area (Å²) >= 11 is 0. The zero-order chi connectivity index (χ0) is 7.23. The molecule has 1 heterocycles. The predicted octanol–water partition coefficient (Wildman–Crippen LogP) is -0.857. The third-order valence-corrected chi connectivity index (χ3v) is 1.49. The van der Waals surface area contributed by atoms with E-state index >= 15 is 0 Å². The summed E-state index contributed by atoms with van der Waals surface area (Å²) < 4.78 is 4.59. The van der Waals surface area contributed by atoms with E-state index in [1.165, 1.54) is 0 Å². The molecule has 1 saturated heterocycles. The second-order valence-electron chi connectivity index (χ2n) is 2.28. The Morgan fingerprint density at radius 1 is 1.55 bits per heavy atom. The highest BCUT2D eigenvalue weighted by molar-refractivity contribution is 5.85. The smallest absolute Gasteiger partial charge is 0.293 e. The van der Waals surface area contributed by atoms with Crippen molar-refractivity contribution in [1.29, 1.82) is 0 Å². The van der Waals surface area contributed by atoms with Gasteiger partial charge in [-0.2, -0.15) is 0 Å². The normalized spacial score (nSPS) is 23.5. The van der Waals surface area contributed by atoms with Crippen LogP contribution in [0.1, 0.15) is 0 Å². The fraction of sp³-hybridized carbons (Fsp3) is 0.833. The van der Waals surface area contributed by atoms with Gasteiger partial charge >= 0.3 is 0 Å². The van der Waals surface area contributed by atoms with Crippen LogP contribution in [0.3, 0.4) is 0 Å². The van der Waals surface area contributed by atoms with E-state index in [1.54, 1.807) is 0 Å². The quantitative estimate of drug-likeness (QED) is 0.556. The van der Waals surface area contributed by atoms with Crippen LogP contribution >= 0.6 is 12.4 Å². The molecule has 2 N–H and O–H groups in total. The van der Waals surface area contributed by atoms with E-state index in [9.17, 15) is 4.79 Å². The first-order valence-electron chi connectivity index (χ1n) is 3.43. The van der Waals surface area contributed by atoms with Gasteiger partial charge in [-0.3, -0.25) is 4.79 Å². The SMILES string of the molecule is Cl.O=COCC1CNCCN1. The molecule has 0 bridgehead atoms. The largest absolute Gasteiger partial charge is 0.466 e. The van der Waals surface area contributed by atoms with Gasteiger partial charge in [0.2, 0.25) is 0 Å². The van der Waals surface area contributed by atoms with Crippen molar-refractivity contribution in [2.24, 2.45) is 0 Å². The molecular formula is C6H13ClN2O2. The van der Waals surface area contributed by atoms with Gasteiger partial charge < -0.3 is 15.4 Å². The number of carbonyl (C=O) groups excluding carboxylic acids is 1. The fourth-order valence-electron chi connectivity index (χ4n) is 0.986. The highest BCUT2D eigenvalue weighted by atomic mass is 35.5. The van der Waals surface area contributed by atoms with Gasteiger partial charge in [-0.25, -0.2) is 0 Å². The molecule has 0 aromatic heterocycles. The van der Waals surface area contributed by atoms with Crippen LogP contribution in [0.15, 0.2) is 0 Å². The van der Waals surface area contributed by atoms with Crippen LogP contribution in [-0.2, 0) is 9.53 Å². The van der Waals surface area contributed by atoms with Crippen molar-refractivity contribution in [3.63, 3.8) is 0 Å². The van der Waals surface area contributed by atoms with E-state index in [2.05, 4.69) is 15.4 Å². The van der Waals surface area contributed by atoms with Crippen LogP contribution in [0.4, 0.5) is 0 Å². The minimum atomic E-state index is 0. The Labute approximate surface area is 72.1 Å². The number of hydrogen-bond donors (Lipinski definition) is 2. The van der Waals surface area contributed by atoms with Crippen molar-refractivity contribution in [3.8, 4) is 0 Å². The molecular weight excluding hydrogens is 168 g/mol. The third kappa shape index (κ3) is 4.19. The number of carbonyl (C=O) groups is 1. The zero-order valence-corrected chi connectivity index (χ0v) is 7.02. The third-order valence-electron chi connectivity index (χ3n) is 1.49. The molecule has 1 rings (SSSR count). The van der Waals surface area contributed by atoms with Crippen molar-refractivity contribution in [1.82, 2.24) is 10.6 Å². The van der Waals surface area contributed by atoms with E-state index in [-0.39, 0.29) is 12.4 Å². The molecule has 66 valence electrons. The monoisotopic (exact) mass is 180 g/mol. The highest BCUT2D eigenvalue weighted by Gasteiger charge is 2.10. The van der Waals surface area contributed by atoms with Crippen molar-refractivity contribution >= 4 is 18.9 Å². The van der Waals surface area contributed by atoms with Crippen LogP contribution in [0.2, 0.25) is 0 Å². The van der Waals surface area contributed by atoms with Gasteiger partial charge in [-0.05, 0) is 0 Å². The average Bonchev–Trinajstić information content (AvgIpc) is 2.03. The molecule has 0 aromatic rings. The maximum atomic E-state index is 9.78. The Hall–Kier alpha value is -0.320. The molecule has 4 nitrogen and oxygen atoms in total. The van der Waals surface area contributed by atoms with Crippen LogP contribution in [-0.4, -0.2) is 38.8 Å². The van der Waals surface area contributed by atoms with Gasteiger partial charge in [0.15, 0.2) is 0 Å². The van der Waals surface area contributed by atoms with Crippen molar-refractivity contribution in [2.75, 3.05) is 26.2 Å². The first kappa shape index (κ1) is 10.7. The number of rotatable bonds is 3. The molecule has 0 amide bonds. The summed E-state index contributed by atoms with van der Waals surface area (Å²) in [6.07, 6.45) is 0. The lowest BCUT2D eigenvalue weighted by atomic mass is 10.2. The molecule has 0 saturated carbocycles. The Bertz CT molecular complexity index is 107. The van der Waals surface area contributed by atoms with Crippen molar-refractivity contribution in [2.45, 2.75) is 6.04 Å². The predicted molar refractivity (Wildman–Crippen MR) is 43.9 cm³/mol. The summed E-state index contributed by atoms with van der Waals surface area (Å²) in [6, 6.07) is 0.291. The van der Waals surface area contributed by atoms with E-state index in [0.717, 1.165) is 19.6 Å². The van der Waals surface area contributed by atoms with Gasteiger partial charge in [0, 0.05) is 19.6 Å². The van der Waals surface area contributed by atoms with Gasteiger partial charge in [-0.15, -0.1) is 12.4 Å². The molecule has 1 atom stereocenters. The van der Waals surface area contributed by atoms with Crippen LogP contribution < -0.4 is 10.6 Å². The lowest BCUT2D eigenvalue weighted by Crippen LogP contribution is -2.50. The van der Waals surface area contributed by atoms with Crippen LogP contribution in [0, 0.1) is 0 Å². The van der Waals surface area contributed by atoms with Gasteiger partial charge in [0.25, 0.3) is 6.47 Å². The maximum Gasteiger partial charge on any atom is 0.293 e. The molecule has 0 radical (unpaired) electrons.